The van der Waals surface area contributed by atoms with Gasteiger partial charge in [-0.05, 0) is 27.8 Å². The molecule has 0 aliphatic heterocycles. The minimum atomic E-state index is -3.29. The molecular formula is C19H15NO2S3. The summed E-state index contributed by atoms with van der Waals surface area (Å²) in [6.45, 7) is 0. The van der Waals surface area contributed by atoms with Crippen LogP contribution in [0.5, 0.6) is 0 Å². The Hall–Kier alpha value is -2.02. The minimum absolute atomic E-state index is 0.0280. The molecule has 0 spiro atoms. The van der Waals surface area contributed by atoms with Gasteiger partial charge < -0.3 is 0 Å². The molecule has 0 amide bonds. The van der Waals surface area contributed by atoms with Crippen molar-refractivity contribution in [3.8, 4) is 9.88 Å². The molecule has 0 unspecified atom stereocenters. The van der Waals surface area contributed by atoms with Crippen LogP contribution >= 0.6 is 22.7 Å². The number of rotatable bonds is 5. The van der Waals surface area contributed by atoms with Crippen molar-refractivity contribution < 1.29 is 8.42 Å². The number of benzene rings is 2. The van der Waals surface area contributed by atoms with Gasteiger partial charge in [0.2, 0.25) is 0 Å². The molecule has 25 heavy (non-hydrogen) atoms. The molecule has 3 nitrogen and oxygen atoms in total. The first-order valence-corrected chi connectivity index (χ1v) is 11.3. The second kappa shape index (κ2) is 6.71. The van der Waals surface area contributed by atoms with Crippen LogP contribution in [0.25, 0.3) is 20.7 Å². The molecule has 0 atom stereocenters. The van der Waals surface area contributed by atoms with Crippen molar-refractivity contribution in [1.82, 2.24) is 4.98 Å². The minimum Gasteiger partial charge on any atom is -0.239 e. The number of aromatic nitrogens is 1. The first-order valence-electron chi connectivity index (χ1n) is 7.76. The van der Waals surface area contributed by atoms with Crippen LogP contribution in [0.1, 0.15) is 11.3 Å². The fourth-order valence-corrected chi connectivity index (χ4v) is 5.98. The van der Waals surface area contributed by atoms with Gasteiger partial charge in [-0.1, -0.05) is 48.5 Å². The number of thiophene rings is 1. The summed E-state index contributed by atoms with van der Waals surface area (Å²) >= 11 is 3.10. The Labute approximate surface area is 154 Å². The molecule has 2 heterocycles. The molecule has 6 heteroatoms. The van der Waals surface area contributed by atoms with E-state index in [2.05, 4.69) is 4.98 Å². The topological polar surface area (TPSA) is 47.0 Å². The molecule has 0 saturated heterocycles. The third kappa shape index (κ3) is 3.66. The molecule has 4 aromatic rings. The van der Waals surface area contributed by atoms with Gasteiger partial charge in [-0.15, -0.1) is 22.7 Å². The van der Waals surface area contributed by atoms with Gasteiger partial charge in [-0.25, -0.2) is 13.4 Å². The van der Waals surface area contributed by atoms with E-state index in [1.807, 2.05) is 65.4 Å². The van der Waals surface area contributed by atoms with Crippen LogP contribution < -0.4 is 0 Å². The van der Waals surface area contributed by atoms with E-state index in [1.54, 1.807) is 11.3 Å². The van der Waals surface area contributed by atoms with E-state index in [9.17, 15) is 8.42 Å². The fourth-order valence-electron chi connectivity index (χ4n) is 2.82. The van der Waals surface area contributed by atoms with Gasteiger partial charge in [0, 0.05) is 5.38 Å². The van der Waals surface area contributed by atoms with E-state index in [0.29, 0.717) is 5.69 Å². The Kier molecular flexibility index (Phi) is 4.41. The summed E-state index contributed by atoms with van der Waals surface area (Å²) in [6, 6.07) is 17.6. The molecule has 0 N–H and O–H groups in total. The number of sulfone groups is 1. The van der Waals surface area contributed by atoms with Gasteiger partial charge in [0.25, 0.3) is 0 Å². The maximum atomic E-state index is 12.7. The molecule has 0 radical (unpaired) electrons. The van der Waals surface area contributed by atoms with E-state index in [4.69, 9.17) is 0 Å². The number of hydrogen-bond donors (Lipinski definition) is 0. The molecule has 0 bridgehead atoms. The number of nitrogens with zero attached hydrogens (tertiary/aromatic N) is 1. The van der Waals surface area contributed by atoms with E-state index in [1.165, 1.54) is 11.3 Å². The van der Waals surface area contributed by atoms with Gasteiger partial charge in [0.05, 0.1) is 22.1 Å². The van der Waals surface area contributed by atoms with Crippen LogP contribution in [0, 0.1) is 0 Å². The van der Waals surface area contributed by atoms with Gasteiger partial charge in [-0.2, -0.15) is 0 Å². The van der Waals surface area contributed by atoms with Gasteiger partial charge in [0.1, 0.15) is 5.01 Å². The molecule has 126 valence electrons. The molecule has 0 saturated carbocycles. The smallest absolute Gasteiger partial charge is 0.160 e. The van der Waals surface area contributed by atoms with Gasteiger partial charge in [-0.3, -0.25) is 0 Å². The SMILES string of the molecule is O=S(=O)(Cc1csc(-c2cccs2)n1)Cc1cccc2ccccc12. The standard InChI is InChI=1S/C19H15NO2S3/c21-25(22,12-15-7-3-6-14-5-1-2-8-17(14)15)13-16-11-24-19(20-16)18-9-4-10-23-18/h1-11H,12-13H2. The van der Waals surface area contributed by atoms with E-state index in [0.717, 1.165) is 26.2 Å². The lowest BCUT2D eigenvalue weighted by molar-refractivity contribution is 0.594. The van der Waals surface area contributed by atoms with E-state index < -0.39 is 9.84 Å². The summed E-state index contributed by atoms with van der Waals surface area (Å²) in [5.74, 6) is -0.00167. The summed E-state index contributed by atoms with van der Waals surface area (Å²) in [4.78, 5) is 5.56. The zero-order valence-corrected chi connectivity index (χ0v) is 15.7. The summed E-state index contributed by atoms with van der Waals surface area (Å²) < 4.78 is 25.4. The average Bonchev–Trinajstić information content (AvgIpc) is 3.26. The number of thiazole rings is 1. The normalized spacial score (nSPS) is 11.8. The van der Waals surface area contributed by atoms with Crippen LogP contribution in [0.15, 0.2) is 65.4 Å². The lowest BCUT2D eigenvalue weighted by atomic mass is 10.1. The van der Waals surface area contributed by atoms with Crippen LogP contribution in [0.4, 0.5) is 0 Å². The Morgan fingerprint density at radius 3 is 2.56 bits per heavy atom. The third-order valence-electron chi connectivity index (χ3n) is 3.91. The third-order valence-corrected chi connectivity index (χ3v) is 7.32. The second-order valence-electron chi connectivity index (χ2n) is 5.79. The predicted octanol–water partition coefficient (Wildman–Crippen LogP) is 5.14. The second-order valence-corrected chi connectivity index (χ2v) is 9.66. The maximum absolute atomic E-state index is 12.7. The van der Waals surface area contributed by atoms with Gasteiger partial charge >= 0.3 is 0 Å². The summed E-state index contributed by atoms with van der Waals surface area (Å²) in [5, 5.41) is 6.77. The Morgan fingerprint density at radius 1 is 0.880 bits per heavy atom. The zero-order chi connectivity index (χ0) is 17.3. The van der Waals surface area contributed by atoms with E-state index >= 15 is 0 Å². The first-order chi connectivity index (χ1) is 12.1. The highest BCUT2D eigenvalue weighted by molar-refractivity contribution is 7.89. The van der Waals surface area contributed by atoms with Gasteiger partial charge in [0.15, 0.2) is 9.84 Å². The highest BCUT2D eigenvalue weighted by atomic mass is 32.2. The first kappa shape index (κ1) is 16.4. The van der Waals surface area contributed by atoms with Crippen LogP contribution in [0.3, 0.4) is 0 Å². The van der Waals surface area contributed by atoms with Crippen molar-refractivity contribution in [2.45, 2.75) is 11.5 Å². The van der Waals surface area contributed by atoms with Crippen molar-refractivity contribution in [2.75, 3.05) is 0 Å². The largest absolute Gasteiger partial charge is 0.239 e. The molecular weight excluding hydrogens is 370 g/mol. The van der Waals surface area contributed by atoms with Crippen LogP contribution in [0.2, 0.25) is 0 Å². The summed E-state index contributed by atoms with van der Waals surface area (Å²) in [6.07, 6.45) is 0. The van der Waals surface area contributed by atoms with Crippen LogP contribution in [-0.4, -0.2) is 13.4 Å². The zero-order valence-electron chi connectivity index (χ0n) is 13.3. The molecule has 4 rings (SSSR count). The van der Waals surface area contributed by atoms with Crippen molar-refractivity contribution in [3.05, 3.63) is 76.6 Å². The highest BCUT2D eigenvalue weighted by Crippen LogP contribution is 2.29. The Morgan fingerprint density at radius 2 is 1.72 bits per heavy atom. The highest BCUT2D eigenvalue weighted by Gasteiger charge is 2.17. The predicted molar refractivity (Wildman–Crippen MR) is 106 cm³/mol. The number of fused-ring (bicyclic) bond motifs is 1. The number of hydrogen-bond acceptors (Lipinski definition) is 5. The fraction of sp³-hybridized carbons (Fsp3) is 0.105. The Balaban J connectivity index is 1.58. The monoisotopic (exact) mass is 385 g/mol. The molecule has 0 aliphatic carbocycles. The quantitative estimate of drug-likeness (QED) is 0.478. The van der Waals surface area contributed by atoms with Crippen molar-refractivity contribution in [1.29, 1.82) is 0 Å². The lowest BCUT2D eigenvalue weighted by Gasteiger charge is -2.07. The Bertz CT molecular complexity index is 1110. The molecule has 0 fully saturated rings. The summed E-state index contributed by atoms with van der Waals surface area (Å²) in [5.41, 5.74) is 1.46. The molecule has 2 aromatic carbocycles. The van der Waals surface area contributed by atoms with Crippen molar-refractivity contribution in [3.63, 3.8) is 0 Å². The molecule has 0 aliphatic rings. The lowest BCUT2D eigenvalue weighted by Crippen LogP contribution is -2.08. The van der Waals surface area contributed by atoms with Crippen LogP contribution in [-0.2, 0) is 21.3 Å². The van der Waals surface area contributed by atoms with Crippen molar-refractivity contribution in [2.24, 2.45) is 0 Å². The van der Waals surface area contributed by atoms with E-state index in [-0.39, 0.29) is 11.5 Å². The summed E-state index contributed by atoms with van der Waals surface area (Å²) in [7, 11) is -3.29. The average molecular weight is 386 g/mol. The van der Waals surface area contributed by atoms with Crippen molar-refractivity contribution >= 4 is 43.3 Å². The molecule has 2 aromatic heterocycles. The maximum Gasteiger partial charge on any atom is 0.160 e.